The minimum absolute atomic E-state index is 0.0450. The lowest BCUT2D eigenvalue weighted by Crippen LogP contribution is -2.43. The number of carbonyl (C=O) groups excluding carboxylic acids is 4. The molecule has 0 aromatic rings. The lowest BCUT2D eigenvalue weighted by Gasteiger charge is -2.24. The maximum absolute atomic E-state index is 12.6. The van der Waals surface area contributed by atoms with E-state index in [0.29, 0.717) is 19.4 Å². The topological polar surface area (TPSA) is 80.3 Å². The van der Waals surface area contributed by atoms with E-state index in [2.05, 4.69) is 26.1 Å². The van der Waals surface area contributed by atoms with Gasteiger partial charge in [0.05, 0.1) is 0 Å². The van der Waals surface area contributed by atoms with Crippen LogP contribution < -0.4 is 5.32 Å². The maximum Gasteiger partial charge on any atom is 0.287 e. The molecule has 0 bridgehead atoms. The molecule has 1 N–H and O–H groups in total. The molecule has 1 fully saturated rings. The summed E-state index contributed by atoms with van der Waals surface area (Å²) in [6, 6.07) is 0. The van der Waals surface area contributed by atoms with Crippen molar-refractivity contribution in [3.63, 3.8) is 0 Å². The van der Waals surface area contributed by atoms with Crippen LogP contribution in [-0.4, -0.2) is 29.8 Å². The summed E-state index contributed by atoms with van der Waals surface area (Å²) in [6.07, 6.45) is 2.08. The normalized spacial score (nSPS) is 20.0. The van der Waals surface area contributed by atoms with Crippen molar-refractivity contribution in [2.45, 2.75) is 66.7 Å². The summed E-state index contributed by atoms with van der Waals surface area (Å²) in [5.41, 5.74) is 0.0921. The van der Waals surface area contributed by atoms with E-state index in [0.717, 1.165) is 6.42 Å². The van der Waals surface area contributed by atoms with Gasteiger partial charge in [0, 0.05) is 37.6 Å². The molecule has 5 heteroatoms. The van der Waals surface area contributed by atoms with E-state index in [1.54, 1.807) is 0 Å². The molecular formula is C19H31NO4. The van der Waals surface area contributed by atoms with Gasteiger partial charge in [-0.15, -0.1) is 0 Å². The van der Waals surface area contributed by atoms with Gasteiger partial charge in [-0.3, -0.25) is 19.2 Å². The molecule has 0 spiro atoms. The number of amides is 1. The van der Waals surface area contributed by atoms with Crippen LogP contribution in [0.3, 0.4) is 0 Å². The fraction of sp³-hybridized carbons (Fsp3) is 0.789. The molecule has 0 saturated carbocycles. The number of hydrogen-bond donors (Lipinski definition) is 1. The Morgan fingerprint density at radius 1 is 1.21 bits per heavy atom. The van der Waals surface area contributed by atoms with E-state index in [1.807, 2.05) is 13.8 Å². The van der Waals surface area contributed by atoms with E-state index in [4.69, 9.17) is 0 Å². The van der Waals surface area contributed by atoms with Crippen molar-refractivity contribution < 1.29 is 19.2 Å². The molecular weight excluding hydrogens is 306 g/mol. The minimum atomic E-state index is -0.596. The van der Waals surface area contributed by atoms with Gasteiger partial charge >= 0.3 is 0 Å². The predicted molar refractivity (Wildman–Crippen MR) is 92.4 cm³/mol. The van der Waals surface area contributed by atoms with Gasteiger partial charge in [0.15, 0.2) is 0 Å². The molecule has 0 aromatic carbocycles. The van der Waals surface area contributed by atoms with Crippen LogP contribution in [0, 0.1) is 23.2 Å². The van der Waals surface area contributed by atoms with Gasteiger partial charge in [-0.1, -0.05) is 34.6 Å². The monoisotopic (exact) mass is 337 g/mol. The Balaban J connectivity index is 2.63. The number of hydrogen-bond acceptors (Lipinski definition) is 4. The molecule has 1 rings (SSSR count). The Hall–Kier alpha value is -1.52. The first-order valence-corrected chi connectivity index (χ1v) is 8.87. The average Bonchev–Trinajstić information content (AvgIpc) is 2.46. The number of carbonyl (C=O) groups is 4. The first-order valence-electron chi connectivity index (χ1n) is 8.87. The average molecular weight is 337 g/mol. The highest BCUT2D eigenvalue weighted by atomic mass is 16.2. The standard InChI is InChI=1S/C19H31NO4/c1-12(2)15(11-14(21)6-8-19(3,4)5)16(22)10-13-7-9-20-18(24)17(13)23/h12-13,15H,6-11H2,1-5H3,(H,20,24). The van der Waals surface area contributed by atoms with Crippen molar-refractivity contribution in [3.05, 3.63) is 0 Å². The lowest BCUT2D eigenvalue weighted by atomic mass is 9.80. The molecule has 0 aliphatic carbocycles. The zero-order valence-corrected chi connectivity index (χ0v) is 15.6. The van der Waals surface area contributed by atoms with Gasteiger partial charge in [-0.05, 0) is 24.2 Å². The number of ketones is 3. The fourth-order valence-electron chi connectivity index (χ4n) is 2.94. The molecule has 1 saturated heterocycles. The first kappa shape index (κ1) is 20.5. The largest absolute Gasteiger partial charge is 0.349 e. The second kappa shape index (κ2) is 8.54. The van der Waals surface area contributed by atoms with Crippen LogP contribution in [0.15, 0.2) is 0 Å². The number of Topliss-reactive ketones (excluding diaryl/α,β-unsaturated/α-hetero) is 3. The van der Waals surface area contributed by atoms with Crippen molar-refractivity contribution in [1.82, 2.24) is 5.32 Å². The third kappa shape index (κ3) is 6.54. The van der Waals surface area contributed by atoms with Gasteiger partial charge < -0.3 is 5.32 Å². The Morgan fingerprint density at radius 3 is 2.38 bits per heavy atom. The molecule has 24 heavy (non-hydrogen) atoms. The molecule has 1 aliphatic heterocycles. The third-order valence-electron chi connectivity index (χ3n) is 4.64. The van der Waals surface area contributed by atoms with Crippen molar-refractivity contribution in [2.24, 2.45) is 23.2 Å². The van der Waals surface area contributed by atoms with Crippen LogP contribution in [0.2, 0.25) is 0 Å². The highest BCUT2D eigenvalue weighted by molar-refractivity contribution is 6.37. The SMILES string of the molecule is CC(C)C(CC(=O)CCC(C)(C)C)C(=O)CC1CCNC(=O)C1=O. The number of rotatable bonds is 8. The van der Waals surface area contributed by atoms with Gasteiger partial charge in [0.1, 0.15) is 11.6 Å². The fourth-order valence-corrected chi connectivity index (χ4v) is 2.94. The maximum atomic E-state index is 12.6. The second-order valence-corrected chi connectivity index (χ2v) is 8.43. The summed E-state index contributed by atoms with van der Waals surface area (Å²) in [4.78, 5) is 48.1. The van der Waals surface area contributed by atoms with E-state index >= 15 is 0 Å². The van der Waals surface area contributed by atoms with Crippen LogP contribution in [0.4, 0.5) is 0 Å². The van der Waals surface area contributed by atoms with Crippen molar-refractivity contribution in [2.75, 3.05) is 6.54 Å². The molecule has 2 atom stereocenters. The van der Waals surface area contributed by atoms with Crippen molar-refractivity contribution in [3.8, 4) is 0 Å². The summed E-state index contributed by atoms with van der Waals surface area (Å²) >= 11 is 0. The Labute approximate surface area is 144 Å². The third-order valence-corrected chi connectivity index (χ3v) is 4.64. The Bertz CT molecular complexity index is 502. The zero-order chi connectivity index (χ0) is 18.5. The molecule has 1 amide bonds. The smallest absolute Gasteiger partial charge is 0.287 e. The number of nitrogens with one attached hydrogen (secondary N) is 1. The Morgan fingerprint density at radius 2 is 1.83 bits per heavy atom. The highest BCUT2D eigenvalue weighted by Crippen LogP contribution is 2.26. The summed E-state index contributed by atoms with van der Waals surface area (Å²) in [6.45, 7) is 10.5. The van der Waals surface area contributed by atoms with Gasteiger partial charge in [-0.25, -0.2) is 0 Å². The molecule has 136 valence electrons. The second-order valence-electron chi connectivity index (χ2n) is 8.43. The van der Waals surface area contributed by atoms with E-state index in [1.165, 1.54) is 0 Å². The molecule has 2 unspecified atom stereocenters. The first-order chi connectivity index (χ1) is 11.0. The summed E-state index contributed by atoms with van der Waals surface area (Å²) in [5.74, 6) is -1.92. The van der Waals surface area contributed by atoms with Gasteiger partial charge in [-0.2, -0.15) is 0 Å². The van der Waals surface area contributed by atoms with E-state index < -0.39 is 17.6 Å². The van der Waals surface area contributed by atoms with Crippen molar-refractivity contribution >= 4 is 23.3 Å². The highest BCUT2D eigenvalue weighted by Gasteiger charge is 2.34. The predicted octanol–water partition coefficient (Wildman–Crippen LogP) is 2.71. The van der Waals surface area contributed by atoms with Crippen molar-refractivity contribution in [1.29, 1.82) is 0 Å². The lowest BCUT2D eigenvalue weighted by molar-refractivity contribution is -0.143. The molecule has 1 heterocycles. The molecule has 0 radical (unpaired) electrons. The van der Waals surface area contributed by atoms with Crippen LogP contribution >= 0.6 is 0 Å². The quantitative estimate of drug-likeness (QED) is 0.691. The molecule has 0 aromatic heterocycles. The summed E-state index contributed by atoms with van der Waals surface area (Å²) in [7, 11) is 0. The van der Waals surface area contributed by atoms with Crippen LogP contribution in [-0.2, 0) is 19.2 Å². The molecule has 5 nitrogen and oxygen atoms in total. The number of piperidine rings is 1. The Kier molecular flexibility index (Phi) is 7.30. The molecule has 1 aliphatic rings. The van der Waals surface area contributed by atoms with Crippen LogP contribution in [0.25, 0.3) is 0 Å². The summed E-state index contributed by atoms with van der Waals surface area (Å²) < 4.78 is 0. The van der Waals surface area contributed by atoms with Crippen LogP contribution in [0.5, 0.6) is 0 Å². The minimum Gasteiger partial charge on any atom is -0.349 e. The summed E-state index contributed by atoms with van der Waals surface area (Å²) in [5, 5.41) is 2.50. The van der Waals surface area contributed by atoms with E-state index in [-0.39, 0.29) is 41.7 Å². The van der Waals surface area contributed by atoms with Crippen LogP contribution in [0.1, 0.15) is 66.7 Å². The zero-order valence-electron chi connectivity index (χ0n) is 15.6. The van der Waals surface area contributed by atoms with E-state index in [9.17, 15) is 19.2 Å². The van der Waals surface area contributed by atoms with Gasteiger partial charge in [0.2, 0.25) is 5.78 Å². The van der Waals surface area contributed by atoms with Gasteiger partial charge in [0.25, 0.3) is 5.91 Å².